The monoisotopic (exact) mass is 740 g/mol. The predicted molar refractivity (Wildman–Crippen MR) is 205 cm³/mol. The molecule has 1 aliphatic heterocycles. The molecule has 2 amide bonds. The van der Waals surface area contributed by atoms with Crippen molar-refractivity contribution in [2.24, 2.45) is 5.92 Å². The van der Waals surface area contributed by atoms with Crippen molar-refractivity contribution in [3.63, 3.8) is 0 Å². The molecule has 1 aromatic rings. The summed E-state index contributed by atoms with van der Waals surface area (Å²) < 4.78 is 22.5. The highest BCUT2D eigenvalue weighted by atomic mass is 16.8. The van der Waals surface area contributed by atoms with Crippen molar-refractivity contribution in [2.45, 2.75) is 148 Å². The lowest BCUT2D eigenvalue weighted by Gasteiger charge is -2.26. The molecule has 0 saturated carbocycles. The zero-order chi connectivity index (χ0) is 39.1. The average Bonchev–Trinajstić information content (AvgIpc) is 3.79. The second-order valence-corrected chi connectivity index (χ2v) is 14.6. The minimum atomic E-state index is -1.13. The van der Waals surface area contributed by atoms with Crippen LogP contribution in [-0.4, -0.2) is 79.1 Å². The second kappa shape index (κ2) is 24.6. The maximum absolute atomic E-state index is 14.2. The summed E-state index contributed by atoms with van der Waals surface area (Å²) in [7, 11) is 1.23. The molecular weight excluding hydrogens is 676 g/mol. The van der Waals surface area contributed by atoms with E-state index in [2.05, 4.69) is 34.1 Å². The molecule has 3 N–H and O–H groups in total. The van der Waals surface area contributed by atoms with Crippen molar-refractivity contribution >= 4 is 23.6 Å². The Labute approximate surface area is 317 Å². The van der Waals surface area contributed by atoms with Crippen molar-refractivity contribution in [1.82, 2.24) is 10.6 Å². The molecule has 296 valence electrons. The molecule has 0 aromatic heterocycles. The van der Waals surface area contributed by atoms with Crippen molar-refractivity contribution < 1.29 is 43.2 Å². The molecular formula is C42H64N2O9. The molecule has 0 bridgehead atoms. The standard InChI is InChI=1S/C42H64N2O9/c1-7-9-11-14-17-20-33(46)21-18-15-12-13-16-19-22-35(42(27-28-45)40(53-42)52-41(3,4)5)38(48)44-36(39(49)43-31-37(47)50-6)30-32-23-25-34(26-24-32)51-29-10-8-2/h19,22-26,35-36,40,45H,7,9,11-18,20-21,27-31H2,1-6H3,(H,43,49)(H,44,48)/b22-19+/t35-,36+,40?,42+/m1/s1. The number of ketones is 1. The van der Waals surface area contributed by atoms with E-state index in [1.165, 1.54) is 26.4 Å². The smallest absolute Gasteiger partial charge is 0.325 e. The summed E-state index contributed by atoms with van der Waals surface area (Å²) in [6.07, 6.45) is 14.7. The molecule has 1 unspecified atom stereocenters. The lowest BCUT2D eigenvalue weighted by atomic mass is 9.86. The number of carbonyl (C=O) groups excluding carboxylic acids is 4. The van der Waals surface area contributed by atoms with E-state index < -0.39 is 47.2 Å². The quantitative estimate of drug-likeness (QED) is 0.0318. The average molecular weight is 741 g/mol. The first-order valence-corrected chi connectivity index (χ1v) is 19.3. The number of unbranched alkanes of at least 4 members (excludes halogenated alkanes) is 8. The van der Waals surface area contributed by atoms with Crippen LogP contribution in [0.2, 0.25) is 0 Å². The van der Waals surface area contributed by atoms with Gasteiger partial charge < -0.3 is 34.7 Å². The van der Waals surface area contributed by atoms with Crippen LogP contribution >= 0.6 is 0 Å². The Kier molecular flexibility index (Phi) is 21.1. The highest BCUT2D eigenvalue weighted by Crippen LogP contribution is 2.49. The number of aliphatic hydroxyl groups is 1. The summed E-state index contributed by atoms with van der Waals surface area (Å²) in [5.74, 6) is 4.03. The molecule has 0 aliphatic carbocycles. The summed E-state index contributed by atoms with van der Waals surface area (Å²) in [5.41, 5.74) is -0.953. The number of amides is 2. The number of hydrogen-bond acceptors (Lipinski definition) is 9. The van der Waals surface area contributed by atoms with Crippen LogP contribution < -0.4 is 15.4 Å². The number of epoxide rings is 1. The number of nitrogens with one attached hydrogen (secondary N) is 2. The first-order valence-electron chi connectivity index (χ1n) is 19.3. The summed E-state index contributed by atoms with van der Waals surface area (Å²) >= 11 is 0. The van der Waals surface area contributed by atoms with E-state index >= 15 is 0 Å². The Hall–Kier alpha value is -3.72. The molecule has 0 radical (unpaired) electrons. The van der Waals surface area contributed by atoms with Gasteiger partial charge in [-0.05, 0) is 71.1 Å². The minimum absolute atomic E-state index is 0.126. The molecule has 11 nitrogen and oxygen atoms in total. The highest BCUT2D eigenvalue weighted by Gasteiger charge is 2.64. The number of hydrogen-bond donors (Lipinski definition) is 3. The Morgan fingerprint density at radius 1 is 0.981 bits per heavy atom. The number of esters is 1. The lowest BCUT2D eigenvalue weighted by Crippen LogP contribution is -2.52. The maximum atomic E-state index is 14.2. The van der Waals surface area contributed by atoms with Crippen molar-refractivity contribution in [2.75, 3.05) is 26.9 Å². The molecule has 11 heteroatoms. The highest BCUT2D eigenvalue weighted by molar-refractivity contribution is 5.91. The van der Waals surface area contributed by atoms with E-state index in [1.807, 2.05) is 26.8 Å². The summed E-state index contributed by atoms with van der Waals surface area (Å²) in [5, 5.41) is 15.5. The molecule has 53 heavy (non-hydrogen) atoms. The Balaban J connectivity index is 2.15. The van der Waals surface area contributed by atoms with E-state index in [0.717, 1.165) is 44.1 Å². The fourth-order valence-electron chi connectivity index (χ4n) is 6.00. The number of Topliss-reactive ketones (excluding diaryl/α,β-unsaturated/α-hetero) is 1. The molecule has 1 saturated heterocycles. The van der Waals surface area contributed by atoms with Gasteiger partial charge in [0, 0.05) is 32.3 Å². The number of carbonyl (C=O) groups is 4. The van der Waals surface area contributed by atoms with Gasteiger partial charge in [0.25, 0.3) is 0 Å². The lowest BCUT2D eigenvalue weighted by molar-refractivity contribution is -0.141. The van der Waals surface area contributed by atoms with E-state index in [-0.39, 0.29) is 32.6 Å². The van der Waals surface area contributed by atoms with Gasteiger partial charge in [0.05, 0.1) is 18.6 Å². The zero-order valence-electron chi connectivity index (χ0n) is 32.9. The van der Waals surface area contributed by atoms with Crippen LogP contribution in [0, 0.1) is 17.8 Å². The Morgan fingerprint density at radius 3 is 2.25 bits per heavy atom. The van der Waals surface area contributed by atoms with Gasteiger partial charge in [0.2, 0.25) is 11.8 Å². The van der Waals surface area contributed by atoms with Crippen LogP contribution in [-0.2, 0) is 39.8 Å². The topological polar surface area (TPSA) is 153 Å². The Bertz CT molecular complexity index is 1360. The number of ether oxygens (including phenoxy) is 4. The van der Waals surface area contributed by atoms with Crippen LogP contribution in [0.15, 0.2) is 36.4 Å². The van der Waals surface area contributed by atoms with Gasteiger partial charge in [-0.15, -0.1) is 5.92 Å². The van der Waals surface area contributed by atoms with E-state index in [0.29, 0.717) is 30.8 Å². The van der Waals surface area contributed by atoms with E-state index in [1.54, 1.807) is 37.3 Å². The number of methoxy groups -OCH3 is 1. The van der Waals surface area contributed by atoms with Crippen molar-refractivity contribution in [3.05, 3.63) is 42.0 Å². The van der Waals surface area contributed by atoms with Crippen molar-refractivity contribution in [1.29, 1.82) is 0 Å². The van der Waals surface area contributed by atoms with Crippen LogP contribution in [0.1, 0.15) is 124 Å². The van der Waals surface area contributed by atoms with Gasteiger partial charge in [-0.2, -0.15) is 0 Å². The zero-order valence-corrected chi connectivity index (χ0v) is 32.9. The second-order valence-electron chi connectivity index (χ2n) is 14.6. The van der Waals surface area contributed by atoms with Gasteiger partial charge in [-0.3, -0.25) is 19.2 Å². The molecule has 1 aromatic carbocycles. The van der Waals surface area contributed by atoms with Crippen LogP contribution in [0.25, 0.3) is 0 Å². The summed E-state index contributed by atoms with van der Waals surface area (Å²) in [6, 6.07) is 6.08. The molecule has 2 rings (SSSR count). The molecule has 4 atom stereocenters. The van der Waals surface area contributed by atoms with E-state index in [4.69, 9.17) is 14.2 Å². The van der Waals surface area contributed by atoms with Gasteiger partial charge in [-0.25, -0.2) is 0 Å². The van der Waals surface area contributed by atoms with Gasteiger partial charge >= 0.3 is 5.97 Å². The number of benzene rings is 1. The third kappa shape index (κ3) is 17.8. The first kappa shape index (κ1) is 45.4. The number of allylic oxidation sites excluding steroid dienone is 1. The summed E-state index contributed by atoms with van der Waals surface area (Å²) in [4.78, 5) is 51.7. The van der Waals surface area contributed by atoms with Crippen LogP contribution in [0.3, 0.4) is 0 Å². The SMILES string of the molecule is CC#CCOc1ccc(C[C@H](NC(=O)[C@@H](/C=C/CCCCCCC(=O)CCCCCCC)[C@]2(CCO)OC2OC(C)(C)C)C(=O)NCC(=O)OC)cc1. The van der Waals surface area contributed by atoms with Gasteiger partial charge in [0.15, 0.2) is 6.29 Å². The van der Waals surface area contributed by atoms with E-state index in [9.17, 15) is 24.3 Å². The number of rotatable bonds is 27. The third-order valence-corrected chi connectivity index (χ3v) is 9.02. The maximum Gasteiger partial charge on any atom is 0.325 e. The van der Waals surface area contributed by atoms with Crippen LogP contribution in [0.5, 0.6) is 5.75 Å². The summed E-state index contributed by atoms with van der Waals surface area (Å²) in [6.45, 7) is 9.24. The van der Waals surface area contributed by atoms with Crippen molar-refractivity contribution in [3.8, 4) is 17.6 Å². The van der Waals surface area contributed by atoms with Crippen LogP contribution in [0.4, 0.5) is 0 Å². The normalized spacial score (nSPS) is 17.7. The largest absolute Gasteiger partial charge is 0.481 e. The first-order chi connectivity index (χ1) is 25.4. The number of aliphatic hydroxyl groups excluding tert-OH is 1. The van der Waals surface area contributed by atoms with Gasteiger partial charge in [0.1, 0.15) is 36.3 Å². The Morgan fingerprint density at radius 2 is 1.64 bits per heavy atom. The van der Waals surface area contributed by atoms with Gasteiger partial charge in [-0.1, -0.05) is 75.7 Å². The predicted octanol–water partition coefficient (Wildman–Crippen LogP) is 6.14. The third-order valence-electron chi connectivity index (χ3n) is 9.02. The fourth-order valence-corrected chi connectivity index (χ4v) is 6.00. The molecule has 1 fully saturated rings. The molecule has 0 spiro atoms. The minimum Gasteiger partial charge on any atom is -0.481 e. The fraction of sp³-hybridized carbons (Fsp3) is 0.667. The molecule has 1 heterocycles. The molecule has 1 aliphatic rings.